The highest BCUT2D eigenvalue weighted by molar-refractivity contribution is 5.80. The first-order valence-corrected chi connectivity index (χ1v) is 7.19. The predicted octanol–water partition coefficient (Wildman–Crippen LogP) is 1.65. The van der Waals surface area contributed by atoms with E-state index in [9.17, 15) is 9.90 Å². The Kier molecular flexibility index (Phi) is 3.12. The standard InChI is InChI=1S/C14H23NO2/c16-9-10-2-1-7-15(8-10)14(17)13(11-3-4-11)12-5-6-12/h10-13,16H,1-9H2. The van der Waals surface area contributed by atoms with Crippen molar-refractivity contribution in [2.24, 2.45) is 23.7 Å². The van der Waals surface area contributed by atoms with Crippen molar-refractivity contribution in [3.8, 4) is 0 Å². The van der Waals surface area contributed by atoms with E-state index in [0.717, 1.165) is 25.9 Å². The zero-order valence-electron chi connectivity index (χ0n) is 10.5. The molecule has 0 aromatic rings. The number of carbonyl (C=O) groups excluding carboxylic acids is 1. The first-order valence-electron chi connectivity index (χ1n) is 7.19. The van der Waals surface area contributed by atoms with Crippen molar-refractivity contribution in [1.82, 2.24) is 4.90 Å². The summed E-state index contributed by atoms with van der Waals surface area (Å²) in [6, 6.07) is 0. The number of aliphatic hydroxyl groups is 1. The van der Waals surface area contributed by atoms with Gasteiger partial charge >= 0.3 is 0 Å². The summed E-state index contributed by atoms with van der Waals surface area (Å²) in [4.78, 5) is 14.6. The Morgan fingerprint density at radius 3 is 2.35 bits per heavy atom. The van der Waals surface area contributed by atoms with Crippen molar-refractivity contribution in [1.29, 1.82) is 0 Å². The SMILES string of the molecule is O=C(C(C1CC1)C1CC1)N1CCCC(CO)C1. The highest BCUT2D eigenvalue weighted by Gasteiger charge is 2.47. The Morgan fingerprint density at radius 1 is 1.18 bits per heavy atom. The van der Waals surface area contributed by atoms with E-state index in [0.29, 0.717) is 29.6 Å². The van der Waals surface area contributed by atoms with Crippen LogP contribution in [0.25, 0.3) is 0 Å². The Bertz CT molecular complexity index is 285. The molecule has 0 aromatic heterocycles. The number of hydrogen-bond acceptors (Lipinski definition) is 2. The molecular weight excluding hydrogens is 214 g/mol. The second kappa shape index (κ2) is 4.60. The van der Waals surface area contributed by atoms with Crippen molar-refractivity contribution >= 4 is 5.91 Å². The maximum atomic E-state index is 12.6. The monoisotopic (exact) mass is 237 g/mol. The Labute approximate surface area is 103 Å². The van der Waals surface area contributed by atoms with E-state index in [1.54, 1.807) is 0 Å². The number of likely N-dealkylation sites (tertiary alicyclic amines) is 1. The first-order chi connectivity index (χ1) is 8.29. The molecule has 3 aliphatic rings. The van der Waals surface area contributed by atoms with Crippen molar-refractivity contribution in [2.75, 3.05) is 19.7 Å². The van der Waals surface area contributed by atoms with Gasteiger partial charge < -0.3 is 10.0 Å². The Balaban J connectivity index is 1.63. The van der Waals surface area contributed by atoms with Crippen LogP contribution in [0, 0.1) is 23.7 Å². The fourth-order valence-corrected chi connectivity index (χ4v) is 3.32. The van der Waals surface area contributed by atoms with Crippen molar-refractivity contribution in [3.05, 3.63) is 0 Å². The lowest BCUT2D eigenvalue weighted by atomic mass is 9.93. The summed E-state index contributed by atoms with van der Waals surface area (Å²) in [6.45, 7) is 1.96. The summed E-state index contributed by atoms with van der Waals surface area (Å²) in [5, 5.41) is 9.23. The topological polar surface area (TPSA) is 40.5 Å². The van der Waals surface area contributed by atoms with Gasteiger partial charge in [0.25, 0.3) is 0 Å². The van der Waals surface area contributed by atoms with Crippen LogP contribution in [0.1, 0.15) is 38.5 Å². The van der Waals surface area contributed by atoms with Gasteiger partial charge in [0.2, 0.25) is 5.91 Å². The minimum atomic E-state index is 0.237. The molecule has 0 aromatic carbocycles. The second-order valence-corrected chi connectivity index (χ2v) is 6.18. The molecule has 0 radical (unpaired) electrons. The van der Waals surface area contributed by atoms with Crippen molar-refractivity contribution < 1.29 is 9.90 Å². The molecule has 1 amide bonds. The summed E-state index contributed by atoms with van der Waals surface area (Å²) in [5.74, 6) is 2.47. The van der Waals surface area contributed by atoms with E-state index in [1.165, 1.54) is 25.7 Å². The summed E-state index contributed by atoms with van der Waals surface area (Å²) in [7, 11) is 0. The smallest absolute Gasteiger partial charge is 0.226 e. The third kappa shape index (κ3) is 2.49. The maximum Gasteiger partial charge on any atom is 0.226 e. The fourth-order valence-electron chi connectivity index (χ4n) is 3.32. The van der Waals surface area contributed by atoms with Crippen LogP contribution in [0.2, 0.25) is 0 Å². The maximum absolute atomic E-state index is 12.6. The van der Waals surface area contributed by atoms with E-state index >= 15 is 0 Å². The molecular formula is C14H23NO2. The van der Waals surface area contributed by atoms with Crippen LogP contribution in [-0.2, 0) is 4.79 Å². The van der Waals surface area contributed by atoms with Gasteiger partial charge in [-0.15, -0.1) is 0 Å². The molecule has 1 heterocycles. The molecule has 3 rings (SSSR count). The van der Waals surface area contributed by atoms with Gasteiger partial charge in [-0.25, -0.2) is 0 Å². The summed E-state index contributed by atoms with van der Waals surface area (Å²) in [6.07, 6.45) is 7.22. The van der Waals surface area contributed by atoms with E-state index < -0.39 is 0 Å². The number of amides is 1. The summed E-state index contributed by atoms with van der Waals surface area (Å²) >= 11 is 0. The first kappa shape index (κ1) is 11.5. The number of carbonyl (C=O) groups is 1. The molecule has 3 nitrogen and oxygen atoms in total. The minimum Gasteiger partial charge on any atom is -0.396 e. The quantitative estimate of drug-likeness (QED) is 0.807. The van der Waals surface area contributed by atoms with Gasteiger partial charge in [-0.05, 0) is 56.3 Å². The van der Waals surface area contributed by atoms with Crippen LogP contribution in [0.5, 0.6) is 0 Å². The van der Waals surface area contributed by atoms with Gasteiger partial charge in [0.1, 0.15) is 0 Å². The third-order valence-corrected chi connectivity index (χ3v) is 4.63. The molecule has 0 spiro atoms. The van der Waals surface area contributed by atoms with Crippen LogP contribution >= 0.6 is 0 Å². The fraction of sp³-hybridized carbons (Fsp3) is 0.929. The molecule has 1 saturated heterocycles. The molecule has 1 atom stereocenters. The van der Waals surface area contributed by atoms with Crippen LogP contribution in [-0.4, -0.2) is 35.6 Å². The van der Waals surface area contributed by atoms with Crippen molar-refractivity contribution in [3.63, 3.8) is 0 Å². The molecule has 1 N–H and O–H groups in total. The molecule has 0 bridgehead atoms. The second-order valence-electron chi connectivity index (χ2n) is 6.18. The molecule has 2 saturated carbocycles. The lowest BCUT2D eigenvalue weighted by Gasteiger charge is -2.34. The van der Waals surface area contributed by atoms with Gasteiger partial charge in [0, 0.05) is 25.6 Å². The molecule has 1 aliphatic heterocycles. The normalized spacial score (nSPS) is 29.8. The molecule has 3 fully saturated rings. The molecule has 96 valence electrons. The highest BCUT2D eigenvalue weighted by atomic mass is 16.3. The van der Waals surface area contributed by atoms with Crippen LogP contribution in [0.4, 0.5) is 0 Å². The number of nitrogens with zero attached hydrogens (tertiary/aromatic N) is 1. The Hall–Kier alpha value is -0.570. The number of hydrogen-bond donors (Lipinski definition) is 1. The predicted molar refractivity (Wildman–Crippen MR) is 65.3 cm³/mol. The number of aliphatic hydroxyl groups excluding tert-OH is 1. The zero-order valence-corrected chi connectivity index (χ0v) is 10.5. The third-order valence-electron chi connectivity index (χ3n) is 4.63. The molecule has 1 unspecified atom stereocenters. The molecule has 17 heavy (non-hydrogen) atoms. The summed E-state index contributed by atoms with van der Waals surface area (Å²) < 4.78 is 0. The average Bonchev–Trinajstić information content (AvgIpc) is 3.23. The van der Waals surface area contributed by atoms with E-state index in [2.05, 4.69) is 0 Å². The van der Waals surface area contributed by atoms with Gasteiger partial charge in [0.15, 0.2) is 0 Å². The highest BCUT2D eigenvalue weighted by Crippen LogP contribution is 2.50. The minimum absolute atomic E-state index is 0.237. The van der Waals surface area contributed by atoms with E-state index in [4.69, 9.17) is 0 Å². The van der Waals surface area contributed by atoms with Gasteiger partial charge in [-0.2, -0.15) is 0 Å². The van der Waals surface area contributed by atoms with E-state index in [-0.39, 0.29) is 6.61 Å². The molecule has 3 heteroatoms. The zero-order chi connectivity index (χ0) is 11.8. The average molecular weight is 237 g/mol. The summed E-state index contributed by atoms with van der Waals surface area (Å²) in [5.41, 5.74) is 0. The lowest BCUT2D eigenvalue weighted by molar-refractivity contribution is -0.139. The number of rotatable bonds is 4. The van der Waals surface area contributed by atoms with E-state index in [1.807, 2.05) is 4.90 Å². The number of piperidine rings is 1. The largest absolute Gasteiger partial charge is 0.396 e. The van der Waals surface area contributed by atoms with Crippen molar-refractivity contribution in [2.45, 2.75) is 38.5 Å². The van der Waals surface area contributed by atoms with Gasteiger partial charge in [0.05, 0.1) is 0 Å². The molecule has 2 aliphatic carbocycles. The van der Waals surface area contributed by atoms with Crippen LogP contribution in [0.3, 0.4) is 0 Å². The van der Waals surface area contributed by atoms with Crippen LogP contribution < -0.4 is 0 Å². The lowest BCUT2D eigenvalue weighted by Crippen LogP contribution is -2.44. The Morgan fingerprint density at radius 2 is 1.82 bits per heavy atom. The van der Waals surface area contributed by atoms with Gasteiger partial charge in [-0.1, -0.05) is 0 Å². The van der Waals surface area contributed by atoms with Crippen LogP contribution in [0.15, 0.2) is 0 Å². The van der Waals surface area contributed by atoms with Gasteiger partial charge in [-0.3, -0.25) is 4.79 Å².